The van der Waals surface area contributed by atoms with Crippen LogP contribution in [0.2, 0.25) is 0 Å². The normalized spacial score (nSPS) is 15.4. The molecule has 4 rings (SSSR count). The van der Waals surface area contributed by atoms with Crippen molar-refractivity contribution in [2.45, 2.75) is 29.1 Å². The lowest BCUT2D eigenvalue weighted by molar-refractivity contribution is -0.116. The second kappa shape index (κ2) is 8.69. The van der Waals surface area contributed by atoms with Crippen molar-refractivity contribution >= 4 is 32.8 Å². The first-order valence-electron chi connectivity index (χ1n) is 9.82. The molecule has 32 heavy (non-hydrogen) atoms. The third kappa shape index (κ3) is 3.97. The van der Waals surface area contributed by atoms with E-state index in [-0.39, 0.29) is 34.6 Å². The van der Waals surface area contributed by atoms with E-state index in [9.17, 15) is 13.2 Å². The van der Waals surface area contributed by atoms with Gasteiger partial charge in [-0.1, -0.05) is 29.7 Å². The Bertz CT molecular complexity index is 1320. The minimum Gasteiger partial charge on any atom is -0.493 e. The molecule has 1 aromatic heterocycles. The van der Waals surface area contributed by atoms with Crippen molar-refractivity contribution in [3.05, 3.63) is 63.8 Å². The number of aryl methyl sites for hydroxylation is 1. The highest BCUT2D eigenvalue weighted by atomic mass is 32.2. The van der Waals surface area contributed by atoms with Crippen LogP contribution in [0.1, 0.15) is 28.3 Å². The van der Waals surface area contributed by atoms with Gasteiger partial charge in [0.1, 0.15) is 11.5 Å². The van der Waals surface area contributed by atoms with E-state index in [4.69, 9.17) is 15.9 Å². The number of terminal acetylenes is 1. The molecule has 164 valence electrons. The summed E-state index contributed by atoms with van der Waals surface area (Å²) >= 11 is 1.32. The summed E-state index contributed by atoms with van der Waals surface area (Å²) in [6, 6.07) is 12.1. The van der Waals surface area contributed by atoms with Crippen LogP contribution in [0, 0.1) is 19.3 Å². The molecule has 2 aromatic carbocycles. The zero-order valence-corrected chi connectivity index (χ0v) is 19.2. The number of rotatable bonds is 6. The summed E-state index contributed by atoms with van der Waals surface area (Å²) in [4.78, 5) is 13.6. The van der Waals surface area contributed by atoms with Gasteiger partial charge in [0.25, 0.3) is 0 Å². The summed E-state index contributed by atoms with van der Waals surface area (Å²) in [6.45, 7) is 2.00. The molecule has 6 nitrogen and oxygen atoms in total. The van der Waals surface area contributed by atoms with Crippen molar-refractivity contribution in [1.82, 2.24) is 0 Å². The Morgan fingerprint density at radius 1 is 1.19 bits per heavy atom. The molecule has 0 saturated carbocycles. The van der Waals surface area contributed by atoms with Crippen molar-refractivity contribution in [3.8, 4) is 23.8 Å². The highest BCUT2D eigenvalue weighted by molar-refractivity contribution is 7.91. The van der Waals surface area contributed by atoms with Gasteiger partial charge in [0.05, 0.1) is 17.7 Å². The van der Waals surface area contributed by atoms with E-state index in [1.54, 1.807) is 41.8 Å². The molecule has 8 heteroatoms. The van der Waals surface area contributed by atoms with Gasteiger partial charge < -0.3 is 14.8 Å². The summed E-state index contributed by atoms with van der Waals surface area (Å²) in [5.74, 6) is 2.86. The lowest BCUT2D eigenvalue weighted by Crippen LogP contribution is -2.23. The van der Waals surface area contributed by atoms with Crippen molar-refractivity contribution in [2.24, 2.45) is 0 Å². The maximum Gasteiger partial charge on any atom is 0.225 e. The van der Waals surface area contributed by atoms with Crippen LogP contribution >= 0.6 is 11.3 Å². The minimum absolute atomic E-state index is 0.108. The van der Waals surface area contributed by atoms with Crippen molar-refractivity contribution in [2.75, 3.05) is 19.0 Å². The molecule has 1 atom stereocenters. The Labute approximate surface area is 191 Å². The number of hydrogen-bond donors (Lipinski definition) is 1. The van der Waals surface area contributed by atoms with Gasteiger partial charge in [0.2, 0.25) is 15.7 Å². The van der Waals surface area contributed by atoms with Gasteiger partial charge >= 0.3 is 0 Å². The molecule has 1 aliphatic heterocycles. The third-order valence-corrected chi connectivity index (χ3v) is 8.32. The van der Waals surface area contributed by atoms with Gasteiger partial charge in [-0.3, -0.25) is 4.79 Å². The molecule has 2 heterocycles. The molecule has 1 amide bonds. The van der Waals surface area contributed by atoms with Gasteiger partial charge in [-0.25, -0.2) is 8.42 Å². The largest absolute Gasteiger partial charge is 0.493 e. The fraction of sp³-hybridized carbons (Fsp3) is 0.208. The van der Waals surface area contributed by atoms with E-state index in [0.717, 1.165) is 16.0 Å². The van der Waals surface area contributed by atoms with Gasteiger partial charge in [-0.2, -0.15) is 0 Å². The molecule has 0 saturated heterocycles. The van der Waals surface area contributed by atoms with Crippen LogP contribution < -0.4 is 14.8 Å². The number of benzene rings is 2. The predicted molar refractivity (Wildman–Crippen MR) is 123 cm³/mol. The number of thiophene rings is 1. The maximum absolute atomic E-state index is 13.3. The lowest BCUT2D eigenvalue weighted by Gasteiger charge is -2.24. The Kier molecular flexibility index (Phi) is 5.96. The molecule has 1 N–H and O–H groups in total. The Morgan fingerprint density at radius 2 is 1.94 bits per heavy atom. The first kappa shape index (κ1) is 21.9. The standard InChI is InChI=1S/C24H21NO5S2/c1-4-11-30-19-10-7-16(12-20(19)29-3)18-13-22(26)25-23-21(14-31-24(18)23)32(27,28)17-8-5-15(2)6-9-17/h1,5-10,12,14,18H,11,13H2,2-3H3,(H,25,26). The molecule has 0 bridgehead atoms. The van der Waals surface area contributed by atoms with E-state index in [1.807, 2.05) is 13.0 Å². The van der Waals surface area contributed by atoms with E-state index in [1.165, 1.54) is 18.4 Å². The Balaban J connectivity index is 1.76. The topological polar surface area (TPSA) is 81.7 Å². The number of methoxy groups -OCH3 is 1. The third-order valence-electron chi connectivity index (χ3n) is 5.28. The zero-order valence-electron chi connectivity index (χ0n) is 17.5. The summed E-state index contributed by atoms with van der Waals surface area (Å²) in [6.07, 6.45) is 5.46. The molecule has 0 radical (unpaired) electrons. The first-order valence-corrected chi connectivity index (χ1v) is 12.2. The fourth-order valence-corrected chi connectivity index (χ4v) is 6.56. The number of sulfone groups is 1. The summed E-state index contributed by atoms with van der Waals surface area (Å²) < 4.78 is 37.5. The number of ether oxygens (including phenoxy) is 2. The van der Waals surface area contributed by atoms with Gasteiger partial charge in [0, 0.05) is 22.6 Å². The van der Waals surface area contributed by atoms with Crippen molar-refractivity contribution in [1.29, 1.82) is 0 Å². The summed E-state index contributed by atoms with van der Waals surface area (Å²) in [5, 5.41) is 4.37. The Hall–Kier alpha value is -3.28. The molecule has 0 fully saturated rings. The molecular formula is C24H21NO5S2. The van der Waals surface area contributed by atoms with Gasteiger partial charge in [0.15, 0.2) is 11.5 Å². The number of carbonyl (C=O) groups is 1. The number of nitrogens with one attached hydrogen (secondary N) is 1. The molecule has 0 spiro atoms. The van der Waals surface area contributed by atoms with E-state index in [0.29, 0.717) is 17.2 Å². The highest BCUT2D eigenvalue weighted by Crippen LogP contribution is 2.47. The van der Waals surface area contributed by atoms with Gasteiger partial charge in [-0.05, 0) is 36.8 Å². The quantitative estimate of drug-likeness (QED) is 0.544. The number of fused-ring (bicyclic) bond motifs is 1. The number of amides is 1. The second-order valence-corrected chi connectivity index (χ2v) is 10.2. The zero-order chi connectivity index (χ0) is 22.9. The molecule has 0 aliphatic carbocycles. The predicted octanol–water partition coefficient (Wildman–Crippen LogP) is 4.38. The number of carbonyl (C=O) groups excluding carboxylic acids is 1. The summed E-state index contributed by atoms with van der Waals surface area (Å²) in [5.41, 5.74) is 2.14. The highest BCUT2D eigenvalue weighted by Gasteiger charge is 2.34. The van der Waals surface area contributed by atoms with Crippen LogP contribution in [-0.2, 0) is 14.6 Å². The lowest BCUT2D eigenvalue weighted by atomic mass is 9.90. The Morgan fingerprint density at radius 3 is 2.62 bits per heavy atom. The van der Waals surface area contributed by atoms with Crippen LogP contribution in [0.4, 0.5) is 5.69 Å². The average molecular weight is 468 g/mol. The SMILES string of the molecule is C#CCOc1ccc(C2CC(=O)Nc3c(S(=O)(=O)c4ccc(C)cc4)csc32)cc1OC. The molecule has 1 aliphatic rings. The maximum atomic E-state index is 13.3. The van der Waals surface area contributed by atoms with E-state index >= 15 is 0 Å². The van der Waals surface area contributed by atoms with Crippen LogP contribution in [0.15, 0.2) is 57.6 Å². The first-order chi connectivity index (χ1) is 15.3. The van der Waals surface area contributed by atoms with Crippen LogP contribution in [0.3, 0.4) is 0 Å². The van der Waals surface area contributed by atoms with Crippen LogP contribution in [0.25, 0.3) is 0 Å². The molecule has 1 unspecified atom stereocenters. The monoisotopic (exact) mass is 467 g/mol. The average Bonchev–Trinajstić information content (AvgIpc) is 3.22. The van der Waals surface area contributed by atoms with Gasteiger partial charge in [-0.15, -0.1) is 17.8 Å². The fourth-order valence-electron chi connectivity index (χ4n) is 3.66. The van der Waals surface area contributed by atoms with E-state index in [2.05, 4.69) is 11.2 Å². The molecule has 3 aromatic rings. The van der Waals surface area contributed by atoms with E-state index < -0.39 is 9.84 Å². The second-order valence-electron chi connectivity index (χ2n) is 7.36. The number of anilines is 1. The minimum atomic E-state index is -3.78. The smallest absolute Gasteiger partial charge is 0.225 e. The molecular weight excluding hydrogens is 446 g/mol. The summed E-state index contributed by atoms with van der Waals surface area (Å²) in [7, 11) is -2.25. The van der Waals surface area contributed by atoms with Crippen molar-refractivity contribution in [3.63, 3.8) is 0 Å². The van der Waals surface area contributed by atoms with Crippen LogP contribution in [-0.4, -0.2) is 28.0 Å². The van der Waals surface area contributed by atoms with Crippen molar-refractivity contribution < 1.29 is 22.7 Å². The van der Waals surface area contributed by atoms with Crippen LogP contribution in [0.5, 0.6) is 11.5 Å². The number of hydrogen-bond acceptors (Lipinski definition) is 6.